The molecule has 3 aromatic heterocycles. The summed E-state index contributed by atoms with van der Waals surface area (Å²) in [5, 5.41) is 9.08. The van der Waals surface area contributed by atoms with Crippen LogP contribution in [0.5, 0.6) is 0 Å². The molecule has 4 rings (SSSR count). The van der Waals surface area contributed by atoms with Crippen LogP contribution >= 0.6 is 23.2 Å². The van der Waals surface area contributed by atoms with E-state index in [0.29, 0.717) is 33.7 Å². The van der Waals surface area contributed by atoms with Crippen molar-refractivity contribution < 1.29 is 8.94 Å². The highest BCUT2D eigenvalue weighted by molar-refractivity contribution is 6.36. The van der Waals surface area contributed by atoms with Gasteiger partial charge in [-0.2, -0.15) is 10.1 Å². The van der Waals surface area contributed by atoms with E-state index in [9.17, 15) is 0 Å². The fourth-order valence-electron chi connectivity index (χ4n) is 2.24. The van der Waals surface area contributed by atoms with Gasteiger partial charge in [0.15, 0.2) is 5.76 Å². The zero-order valence-corrected chi connectivity index (χ0v) is 13.7. The Balaban J connectivity index is 1.60. The van der Waals surface area contributed by atoms with Gasteiger partial charge in [0.25, 0.3) is 5.89 Å². The molecule has 24 heavy (non-hydrogen) atoms. The fraction of sp³-hybridized carbons (Fsp3) is 0.0625. The summed E-state index contributed by atoms with van der Waals surface area (Å²) in [5.41, 5.74) is 0.638. The van der Waals surface area contributed by atoms with Gasteiger partial charge in [0.2, 0.25) is 5.82 Å². The van der Waals surface area contributed by atoms with E-state index >= 15 is 0 Å². The van der Waals surface area contributed by atoms with E-state index in [0.717, 1.165) is 5.76 Å². The number of rotatable bonds is 4. The fourth-order valence-corrected chi connectivity index (χ4v) is 2.73. The zero-order chi connectivity index (χ0) is 16.5. The van der Waals surface area contributed by atoms with Gasteiger partial charge in [-0.15, -0.1) is 0 Å². The molecule has 8 heteroatoms. The summed E-state index contributed by atoms with van der Waals surface area (Å²) in [6.45, 7) is 0.525. The third-order valence-electron chi connectivity index (χ3n) is 3.35. The molecule has 0 N–H and O–H groups in total. The van der Waals surface area contributed by atoms with E-state index in [1.54, 1.807) is 35.1 Å². The third-order valence-corrected chi connectivity index (χ3v) is 3.90. The number of aromatic nitrogens is 4. The highest BCUT2D eigenvalue weighted by Crippen LogP contribution is 2.30. The highest BCUT2D eigenvalue weighted by Gasteiger charge is 2.16. The van der Waals surface area contributed by atoms with Crippen molar-refractivity contribution in [3.8, 4) is 23.0 Å². The van der Waals surface area contributed by atoms with Gasteiger partial charge in [-0.25, -0.2) is 0 Å². The zero-order valence-electron chi connectivity index (χ0n) is 12.2. The van der Waals surface area contributed by atoms with Crippen LogP contribution in [0.15, 0.2) is 57.7 Å². The molecule has 0 aliphatic heterocycles. The van der Waals surface area contributed by atoms with Gasteiger partial charge in [0.05, 0.1) is 11.6 Å². The monoisotopic (exact) mass is 360 g/mol. The van der Waals surface area contributed by atoms with Crippen molar-refractivity contribution in [2.24, 2.45) is 0 Å². The predicted octanol–water partition coefficient (Wildman–Crippen LogP) is 4.55. The van der Waals surface area contributed by atoms with Crippen molar-refractivity contribution in [2.75, 3.05) is 0 Å². The quantitative estimate of drug-likeness (QED) is 0.533. The van der Waals surface area contributed by atoms with E-state index in [1.807, 2.05) is 18.3 Å². The van der Waals surface area contributed by atoms with Crippen molar-refractivity contribution in [1.82, 2.24) is 19.9 Å². The van der Waals surface area contributed by atoms with E-state index < -0.39 is 0 Å². The molecule has 0 bridgehead atoms. The minimum absolute atomic E-state index is 0.280. The smallest absolute Gasteiger partial charge is 0.293 e. The van der Waals surface area contributed by atoms with Gasteiger partial charge >= 0.3 is 0 Å². The van der Waals surface area contributed by atoms with Crippen molar-refractivity contribution >= 4 is 23.2 Å². The summed E-state index contributed by atoms with van der Waals surface area (Å²) >= 11 is 12.1. The van der Waals surface area contributed by atoms with Crippen molar-refractivity contribution in [3.05, 3.63) is 64.6 Å². The standard InChI is InChI=1S/C16H10Cl2N4O2/c17-10-2-4-12(13(18)8-10)15-20-16(24-21-15)14-5-3-11(23-14)9-22-7-1-6-19-22/h1-8H,9H2. The van der Waals surface area contributed by atoms with Crippen molar-refractivity contribution in [3.63, 3.8) is 0 Å². The van der Waals surface area contributed by atoms with Crippen LogP contribution in [0.2, 0.25) is 10.0 Å². The number of hydrogen-bond donors (Lipinski definition) is 0. The van der Waals surface area contributed by atoms with Gasteiger partial charge in [0.1, 0.15) is 5.76 Å². The van der Waals surface area contributed by atoms with Crippen molar-refractivity contribution in [1.29, 1.82) is 0 Å². The molecule has 1 aromatic carbocycles. The maximum atomic E-state index is 6.16. The van der Waals surface area contributed by atoms with Crippen LogP contribution in [0.1, 0.15) is 5.76 Å². The summed E-state index contributed by atoms with van der Waals surface area (Å²) in [5.74, 6) is 1.87. The van der Waals surface area contributed by atoms with E-state index in [-0.39, 0.29) is 5.89 Å². The van der Waals surface area contributed by atoms with Crippen LogP contribution in [0.3, 0.4) is 0 Å². The minimum atomic E-state index is 0.280. The molecular formula is C16H10Cl2N4O2. The predicted molar refractivity (Wildman–Crippen MR) is 88.8 cm³/mol. The summed E-state index contributed by atoms with van der Waals surface area (Å²) in [6, 6.07) is 10.6. The number of hydrogen-bond acceptors (Lipinski definition) is 5. The average Bonchev–Trinajstić information content (AvgIpc) is 3.28. The second-order valence-corrected chi connectivity index (χ2v) is 5.86. The summed E-state index contributed by atoms with van der Waals surface area (Å²) in [4.78, 5) is 4.33. The Labute approximate surface area is 146 Å². The molecule has 3 heterocycles. The minimum Gasteiger partial charge on any atom is -0.454 e. The first kappa shape index (κ1) is 15.0. The third kappa shape index (κ3) is 2.93. The largest absolute Gasteiger partial charge is 0.454 e. The molecule has 0 aliphatic carbocycles. The van der Waals surface area contributed by atoms with Crippen LogP contribution in [0.25, 0.3) is 23.0 Å². The second kappa shape index (κ2) is 6.14. The molecule has 120 valence electrons. The molecule has 6 nitrogen and oxygen atoms in total. The van der Waals surface area contributed by atoms with Crippen LogP contribution in [-0.2, 0) is 6.54 Å². The first-order valence-electron chi connectivity index (χ1n) is 7.05. The maximum absolute atomic E-state index is 6.16. The molecule has 0 unspecified atom stereocenters. The Morgan fingerprint density at radius 2 is 2.04 bits per heavy atom. The molecular weight excluding hydrogens is 351 g/mol. The molecule has 0 saturated heterocycles. The summed E-state index contributed by atoms with van der Waals surface area (Å²) in [7, 11) is 0. The second-order valence-electron chi connectivity index (χ2n) is 5.02. The Kier molecular flexibility index (Phi) is 3.84. The Morgan fingerprint density at radius 3 is 2.83 bits per heavy atom. The molecule has 0 radical (unpaired) electrons. The van der Waals surface area contributed by atoms with E-state index in [2.05, 4.69) is 15.2 Å². The number of nitrogens with zero attached hydrogens (tertiary/aromatic N) is 4. The normalized spacial score (nSPS) is 11.1. The van der Waals surface area contributed by atoms with Gasteiger partial charge in [-0.3, -0.25) is 4.68 Å². The van der Waals surface area contributed by atoms with Crippen LogP contribution in [0.4, 0.5) is 0 Å². The average molecular weight is 361 g/mol. The van der Waals surface area contributed by atoms with Crippen LogP contribution in [-0.4, -0.2) is 19.9 Å². The molecule has 0 fully saturated rings. The SMILES string of the molecule is Clc1ccc(-c2noc(-c3ccc(Cn4cccn4)o3)n2)c(Cl)c1. The number of benzene rings is 1. The van der Waals surface area contributed by atoms with E-state index in [1.165, 1.54) is 0 Å². The van der Waals surface area contributed by atoms with Crippen LogP contribution < -0.4 is 0 Å². The molecule has 4 aromatic rings. The van der Waals surface area contributed by atoms with Gasteiger partial charge in [-0.05, 0) is 36.4 Å². The van der Waals surface area contributed by atoms with Gasteiger partial charge in [0, 0.05) is 23.0 Å². The Morgan fingerprint density at radius 1 is 1.12 bits per heavy atom. The summed E-state index contributed by atoms with van der Waals surface area (Å²) < 4.78 is 12.8. The maximum Gasteiger partial charge on any atom is 0.293 e. The lowest BCUT2D eigenvalue weighted by Gasteiger charge is -1.98. The first-order valence-corrected chi connectivity index (χ1v) is 7.80. The number of furan rings is 1. The highest BCUT2D eigenvalue weighted by atomic mass is 35.5. The molecule has 0 aliphatic rings. The first-order chi connectivity index (χ1) is 11.7. The molecule has 0 amide bonds. The van der Waals surface area contributed by atoms with E-state index in [4.69, 9.17) is 32.1 Å². The molecule has 0 spiro atoms. The molecule has 0 atom stereocenters. The lowest BCUT2D eigenvalue weighted by Crippen LogP contribution is -1.97. The Hall–Kier alpha value is -2.57. The van der Waals surface area contributed by atoms with Crippen LogP contribution in [0, 0.1) is 0 Å². The lowest BCUT2D eigenvalue weighted by molar-refractivity contribution is 0.408. The van der Waals surface area contributed by atoms with Crippen molar-refractivity contribution in [2.45, 2.75) is 6.54 Å². The lowest BCUT2D eigenvalue weighted by atomic mass is 10.2. The summed E-state index contributed by atoms with van der Waals surface area (Å²) in [6.07, 6.45) is 3.57. The van der Waals surface area contributed by atoms with Gasteiger partial charge in [-0.1, -0.05) is 28.4 Å². The molecule has 0 saturated carbocycles. The van der Waals surface area contributed by atoms with Gasteiger partial charge < -0.3 is 8.94 Å². The topological polar surface area (TPSA) is 69.9 Å². The Bertz CT molecular complexity index is 976. The number of halogens is 2.